The molecule has 0 aliphatic carbocycles. The summed E-state index contributed by atoms with van der Waals surface area (Å²) in [6.07, 6.45) is 1.01. The zero-order chi connectivity index (χ0) is 11.1. The largest absolute Gasteiger partial charge is 0.311 e. The van der Waals surface area contributed by atoms with E-state index in [-0.39, 0.29) is 0 Å². The second-order valence-corrected chi connectivity index (χ2v) is 4.61. The lowest BCUT2D eigenvalue weighted by Gasteiger charge is -2.12. The molecule has 3 rings (SSSR count). The molecule has 2 aromatic rings. The van der Waals surface area contributed by atoms with Gasteiger partial charge in [0.1, 0.15) is 0 Å². The molecule has 16 heavy (non-hydrogen) atoms. The molecule has 0 atom stereocenters. The Morgan fingerprint density at radius 1 is 1.38 bits per heavy atom. The predicted octanol–water partition coefficient (Wildman–Crippen LogP) is 1.50. The molecule has 0 aromatic carbocycles. The molecule has 0 unspecified atom stereocenters. The number of fused-ring (bicyclic) bond motifs is 3. The van der Waals surface area contributed by atoms with Crippen molar-refractivity contribution in [1.82, 2.24) is 19.9 Å². The fraction of sp³-hybridized carbons (Fsp3) is 0.500. The van der Waals surface area contributed by atoms with E-state index in [0.717, 1.165) is 30.9 Å². The monoisotopic (exact) mass is 216 g/mol. The van der Waals surface area contributed by atoms with Gasteiger partial charge in [0.2, 0.25) is 0 Å². The van der Waals surface area contributed by atoms with Crippen LogP contribution in [0.3, 0.4) is 0 Å². The van der Waals surface area contributed by atoms with Crippen LogP contribution in [0.15, 0.2) is 12.1 Å². The highest BCUT2D eigenvalue weighted by molar-refractivity contribution is 5.43. The average molecular weight is 216 g/mol. The molecule has 3 heterocycles. The van der Waals surface area contributed by atoms with Crippen molar-refractivity contribution in [2.75, 3.05) is 6.54 Å². The van der Waals surface area contributed by atoms with Crippen molar-refractivity contribution < 1.29 is 0 Å². The van der Waals surface area contributed by atoms with Crippen LogP contribution in [0, 0.1) is 0 Å². The summed E-state index contributed by atoms with van der Waals surface area (Å²) in [6.45, 7) is 6.23. The van der Waals surface area contributed by atoms with Gasteiger partial charge < -0.3 is 5.32 Å². The van der Waals surface area contributed by atoms with Crippen LogP contribution < -0.4 is 5.32 Å². The summed E-state index contributed by atoms with van der Waals surface area (Å²) in [6, 6.07) is 4.15. The Morgan fingerprint density at radius 3 is 3.06 bits per heavy atom. The Bertz CT molecular complexity index is 527. The van der Waals surface area contributed by atoms with E-state index < -0.39 is 0 Å². The topological polar surface area (TPSA) is 42.2 Å². The van der Waals surface area contributed by atoms with E-state index >= 15 is 0 Å². The van der Waals surface area contributed by atoms with E-state index in [1.54, 1.807) is 0 Å². The summed E-state index contributed by atoms with van der Waals surface area (Å²) in [7, 11) is 0. The van der Waals surface area contributed by atoms with Gasteiger partial charge in [0.15, 0.2) is 5.65 Å². The molecule has 0 saturated carbocycles. The molecule has 84 valence electrons. The van der Waals surface area contributed by atoms with Gasteiger partial charge in [-0.1, -0.05) is 13.8 Å². The van der Waals surface area contributed by atoms with Crippen LogP contribution in [0.4, 0.5) is 0 Å². The maximum atomic E-state index is 4.66. The zero-order valence-corrected chi connectivity index (χ0v) is 9.70. The van der Waals surface area contributed by atoms with Crippen LogP contribution in [0.2, 0.25) is 0 Å². The lowest BCUT2D eigenvalue weighted by molar-refractivity contribution is 0.606. The smallest absolute Gasteiger partial charge is 0.154 e. The molecule has 2 aromatic heterocycles. The molecule has 0 spiro atoms. The number of hydrogen-bond donors (Lipinski definition) is 1. The predicted molar refractivity (Wildman–Crippen MR) is 62.5 cm³/mol. The molecule has 0 fully saturated rings. The molecule has 0 saturated heterocycles. The van der Waals surface area contributed by atoms with Gasteiger partial charge in [-0.2, -0.15) is 5.10 Å². The SMILES string of the molecule is CC(C)c1ccc2nc3c(n2n1)CNCC3. The van der Waals surface area contributed by atoms with Crippen LogP contribution in [0.1, 0.15) is 36.8 Å². The molecule has 4 nitrogen and oxygen atoms in total. The van der Waals surface area contributed by atoms with E-state index in [2.05, 4.69) is 41.4 Å². The second-order valence-electron chi connectivity index (χ2n) is 4.61. The minimum atomic E-state index is 0.457. The minimum Gasteiger partial charge on any atom is -0.311 e. The van der Waals surface area contributed by atoms with Gasteiger partial charge in [-0.25, -0.2) is 9.50 Å². The Morgan fingerprint density at radius 2 is 2.25 bits per heavy atom. The summed E-state index contributed by atoms with van der Waals surface area (Å²) in [5.74, 6) is 0.457. The van der Waals surface area contributed by atoms with Gasteiger partial charge in [0.05, 0.1) is 17.1 Å². The van der Waals surface area contributed by atoms with E-state index in [1.807, 2.05) is 4.52 Å². The summed E-state index contributed by atoms with van der Waals surface area (Å²) in [4.78, 5) is 4.61. The van der Waals surface area contributed by atoms with Gasteiger partial charge in [-0.15, -0.1) is 0 Å². The highest BCUT2D eigenvalue weighted by Crippen LogP contribution is 2.17. The fourth-order valence-corrected chi connectivity index (χ4v) is 2.14. The molecule has 1 aliphatic rings. The van der Waals surface area contributed by atoms with Crippen molar-refractivity contribution in [3.05, 3.63) is 29.2 Å². The van der Waals surface area contributed by atoms with Gasteiger partial charge in [0.25, 0.3) is 0 Å². The first-order valence-corrected chi connectivity index (χ1v) is 5.84. The highest BCUT2D eigenvalue weighted by Gasteiger charge is 2.16. The van der Waals surface area contributed by atoms with Gasteiger partial charge in [-0.05, 0) is 18.1 Å². The van der Waals surface area contributed by atoms with Gasteiger partial charge in [0, 0.05) is 19.5 Å². The summed E-state index contributed by atoms with van der Waals surface area (Å²) in [5.41, 5.74) is 4.52. The first kappa shape index (κ1) is 9.78. The number of aromatic nitrogens is 3. The molecule has 4 heteroatoms. The minimum absolute atomic E-state index is 0.457. The molecular formula is C12H16N4. The standard InChI is InChI=1S/C12H16N4/c1-8(2)9-3-4-12-14-10-5-6-13-7-11(10)16(12)15-9/h3-4,8,13H,5-7H2,1-2H3. The first-order chi connectivity index (χ1) is 7.75. The normalized spacial score (nSPS) is 15.7. The third kappa shape index (κ3) is 1.41. The zero-order valence-electron chi connectivity index (χ0n) is 9.70. The van der Waals surface area contributed by atoms with Crippen LogP contribution in [-0.2, 0) is 13.0 Å². The lowest BCUT2D eigenvalue weighted by Crippen LogP contribution is -2.24. The Hall–Kier alpha value is -1.42. The summed E-state index contributed by atoms with van der Waals surface area (Å²) < 4.78 is 2.00. The molecular weight excluding hydrogens is 200 g/mol. The summed E-state index contributed by atoms with van der Waals surface area (Å²) in [5, 5.41) is 8.03. The van der Waals surface area contributed by atoms with Gasteiger partial charge in [-0.3, -0.25) is 0 Å². The van der Waals surface area contributed by atoms with Gasteiger partial charge >= 0.3 is 0 Å². The van der Waals surface area contributed by atoms with Crippen LogP contribution in [-0.4, -0.2) is 21.1 Å². The van der Waals surface area contributed by atoms with E-state index in [1.165, 1.54) is 11.4 Å². The lowest BCUT2D eigenvalue weighted by atomic mass is 10.1. The van der Waals surface area contributed by atoms with E-state index in [4.69, 9.17) is 0 Å². The fourth-order valence-electron chi connectivity index (χ4n) is 2.14. The van der Waals surface area contributed by atoms with Crippen LogP contribution in [0.25, 0.3) is 5.65 Å². The van der Waals surface area contributed by atoms with Crippen molar-refractivity contribution in [2.45, 2.75) is 32.7 Å². The molecule has 1 N–H and O–H groups in total. The van der Waals surface area contributed by atoms with Crippen LogP contribution >= 0.6 is 0 Å². The van der Waals surface area contributed by atoms with Crippen molar-refractivity contribution in [3.8, 4) is 0 Å². The Labute approximate surface area is 94.7 Å². The molecule has 1 aliphatic heterocycles. The molecule has 0 bridgehead atoms. The number of nitrogens with one attached hydrogen (secondary N) is 1. The van der Waals surface area contributed by atoms with Crippen molar-refractivity contribution in [1.29, 1.82) is 0 Å². The highest BCUT2D eigenvalue weighted by atomic mass is 15.3. The van der Waals surface area contributed by atoms with Crippen molar-refractivity contribution in [2.24, 2.45) is 0 Å². The third-order valence-electron chi connectivity index (χ3n) is 3.10. The number of rotatable bonds is 1. The van der Waals surface area contributed by atoms with Crippen molar-refractivity contribution >= 4 is 5.65 Å². The second kappa shape index (κ2) is 3.56. The van der Waals surface area contributed by atoms with E-state index in [9.17, 15) is 0 Å². The quantitative estimate of drug-likeness (QED) is 0.785. The first-order valence-electron chi connectivity index (χ1n) is 5.84. The molecule has 0 radical (unpaired) electrons. The maximum Gasteiger partial charge on any atom is 0.154 e. The number of imidazole rings is 1. The van der Waals surface area contributed by atoms with E-state index in [0.29, 0.717) is 5.92 Å². The average Bonchev–Trinajstić information content (AvgIpc) is 2.66. The van der Waals surface area contributed by atoms with Crippen molar-refractivity contribution in [3.63, 3.8) is 0 Å². The molecule has 0 amide bonds. The number of hydrogen-bond acceptors (Lipinski definition) is 3. The number of nitrogens with zero attached hydrogens (tertiary/aromatic N) is 3. The maximum absolute atomic E-state index is 4.66. The Balaban J connectivity index is 2.21. The van der Waals surface area contributed by atoms with Crippen LogP contribution in [0.5, 0.6) is 0 Å². The summed E-state index contributed by atoms with van der Waals surface area (Å²) >= 11 is 0. The Kier molecular flexibility index (Phi) is 2.17. The third-order valence-corrected chi connectivity index (χ3v) is 3.10.